The molecule has 2 aromatic heterocycles. The maximum Gasteiger partial charge on any atom is 0.314 e. The number of aryl methyl sites for hydroxylation is 2. The van der Waals surface area contributed by atoms with Crippen LogP contribution in [0.2, 0.25) is 0 Å². The fraction of sp³-hybridized carbons (Fsp3) is 0.261. The van der Waals surface area contributed by atoms with E-state index in [0.717, 1.165) is 21.3 Å². The first-order valence-electron chi connectivity index (χ1n) is 10.0. The molecule has 0 saturated carbocycles. The molecule has 8 nitrogen and oxygen atoms in total. The molecule has 0 N–H and O–H groups in total. The van der Waals surface area contributed by atoms with E-state index < -0.39 is 4.92 Å². The van der Waals surface area contributed by atoms with Gasteiger partial charge in [0, 0.05) is 37.0 Å². The van der Waals surface area contributed by atoms with Crippen LogP contribution in [-0.4, -0.2) is 20.4 Å². The number of halogens is 1. The van der Waals surface area contributed by atoms with Gasteiger partial charge in [0.15, 0.2) is 0 Å². The molecule has 3 rings (SSSR count). The van der Waals surface area contributed by atoms with Gasteiger partial charge >= 0.3 is 5.69 Å². The lowest BCUT2D eigenvalue weighted by molar-refractivity contribution is -0.384. The number of carbonyl (C=O) groups is 1. The summed E-state index contributed by atoms with van der Waals surface area (Å²) in [4.78, 5) is 29.6. The molecule has 0 aliphatic carbocycles. The highest BCUT2D eigenvalue weighted by molar-refractivity contribution is 9.10. The molecule has 0 unspecified atom stereocenters. The zero-order chi connectivity index (χ0) is 23.4. The number of carbonyl (C=O) groups excluding carboxylic acids is 1. The Balaban J connectivity index is 1.99. The predicted molar refractivity (Wildman–Crippen MR) is 125 cm³/mol. The van der Waals surface area contributed by atoms with Gasteiger partial charge < -0.3 is 4.57 Å². The van der Waals surface area contributed by atoms with E-state index in [0.29, 0.717) is 17.5 Å². The molecule has 0 radical (unpaired) electrons. The minimum atomic E-state index is -0.497. The van der Waals surface area contributed by atoms with Crippen LogP contribution in [0.4, 0.5) is 11.5 Å². The van der Waals surface area contributed by atoms with Gasteiger partial charge in [-0.15, -0.1) is 0 Å². The summed E-state index contributed by atoms with van der Waals surface area (Å²) in [6, 6.07) is 11.2. The number of aromatic nitrogens is 2. The monoisotopic (exact) mass is 495 g/mol. The SMILES string of the molecule is CCCC(=O)N(Cc1ccc(-c2c(C#N)cn(C)c2Br)cc1)c1nccc(C)c1[N+](=O)[O-]. The lowest BCUT2D eigenvalue weighted by atomic mass is 10.0. The first-order chi connectivity index (χ1) is 15.3. The zero-order valence-electron chi connectivity index (χ0n) is 18.0. The Hall–Kier alpha value is -3.51. The molecule has 9 heteroatoms. The lowest BCUT2D eigenvalue weighted by Gasteiger charge is -2.22. The second-order valence-corrected chi connectivity index (χ2v) is 8.17. The topological polar surface area (TPSA) is 105 Å². The molecule has 0 spiro atoms. The van der Waals surface area contributed by atoms with Gasteiger partial charge in [0.25, 0.3) is 0 Å². The molecule has 164 valence electrons. The molecule has 0 saturated heterocycles. The Morgan fingerprint density at radius 2 is 2.00 bits per heavy atom. The average molecular weight is 496 g/mol. The van der Waals surface area contributed by atoms with Gasteiger partial charge in [-0.2, -0.15) is 5.26 Å². The number of nitrogens with zero attached hydrogens (tertiary/aromatic N) is 5. The summed E-state index contributed by atoms with van der Waals surface area (Å²) in [6.45, 7) is 3.66. The first-order valence-corrected chi connectivity index (χ1v) is 10.8. The fourth-order valence-corrected chi connectivity index (χ4v) is 4.06. The Labute approximate surface area is 194 Å². The van der Waals surface area contributed by atoms with Crippen LogP contribution in [0, 0.1) is 28.4 Å². The summed E-state index contributed by atoms with van der Waals surface area (Å²) in [5.74, 6) is -0.176. The van der Waals surface area contributed by atoms with E-state index in [4.69, 9.17) is 0 Å². The van der Waals surface area contributed by atoms with Crippen LogP contribution >= 0.6 is 15.9 Å². The van der Waals surface area contributed by atoms with E-state index in [1.54, 1.807) is 19.2 Å². The van der Waals surface area contributed by atoms with Crippen LogP contribution < -0.4 is 4.90 Å². The molecule has 1 aromatic carbocycles. The number of hydrogen-bond acceptors (Lipinski definition) is 5. The van der Waals surface area contributed by atoms with Crippen LogP contribution in [-0.2, 0) is 18.4 Å². The Morgan fingerprint density at radius 3 is 2.59 bits per heavy atom. The van der Waals surface area contributed by atoms with Gasteiger partial charge in [0.2, 0.25) is 11.7 Å². The van der Waals surface area contributed by atoms with E-state index in [1.807, 2.05) is 42.8 Å². The molecule has 0 fully saturated rings. The minimum Gasteiger partial charge on any atom is -0.344 e. The predicted octanol–water partition coefficient (Wildman–Crippen LogP) is 5.27. The number of hydrogen-bond donors (Lipinski definition) is 0. The quantitative estimate of drug-likeness (QED) is 0.327. The number of nitro groups is 1. The van der Waals surface area contributed by atoms with Crippen molar-refractivity contribution >= 4 is 33.3 Å². The second kappa shape index (κ2) is 9.75. The summed E-state index contributed by atoms with van der Waals surface area (Å²) >= 11 is 3.52. The van der Waals surface area contributed by atoms with Crippen LogP contribution in [0.5, 0.6) is 0 Å². The van der Waals surface area contributed by atoms with Gasteiger partial charge in [-0.25, -0.2) is 4.98 Å². The normalized spacial score (nSPS) is 10.6. The maximum absolute atomic E-state index is 12.9. The van der Waals surface area contributed by atoms with Crippen LogP contribution in [0.15, 0.2) is 47.3 Å². The summed E-state index contributed by atoms with van der Waals surface area (Å²) in [5, 5.41) is 21.1. The largest absolute Gasteiger partial charge is 0.344 e. The van der Waals surface area contributed by atoms with Gasteiger partial charge in [-0.1, -0.05) is 31.2 Å². The number of anilines is 1. The van der Waals surface area contributed by atoms with Gasteiger partial charge in [0.1, 0.15) is 6.07 Å². The molecule has 0 aliphatic rings. The third-order valence-electron chi connectivity index (χ3n) is 5.12. The molecule has 0 bridgehead atoms. The molecule has 2 heterocycles. The average Bonchev–Trinajstić information content (AvgIpc) is 3.05. The molecule has 0 atom stereocenters. The van der Waals surface area contributed by atoms with Crippen molar-refractivity contribution in [2.75, 3.05) is 4.90 Å². The van der Waals surface area contributed by atoms with Crippen molar-refractivity contribution in [2.24, 2.45) is 7.05 Å². The number of pyridine rings is 1. The van der Waals surface area contributed by atoms with Gasteiger partial charge in [0.05, 0.1) is 21.6 Å². The number of amides is 1. The molecule has 3 aromatic rings. The van der Waals surface area contributed by atoms with Crippen molar-refractivity contribution in [1.29, 1.82) is 5.26 Å². The maximum atomic E-state index is 12.9. The van der Waals surface area contributed by atoms with E-state index >= 15 is 0 Å². The standard InChI is InChI=1S/C23H22BrN5O3/c1-4-5-19(30)28(23-21(29(31)32)15(2)10-11-26-23)13-16-6-8-17(9-7-16)20-18(12-25)14-27(3)22(20)24/h6-11,14H,4-5,13H2,1-3H3. The Morgan fingerprint density at radius 1 is 1.31 bits per heavy atom. The zero-order valence-corrected chi connectivity index (χ0v) is 19.6. The van der Waals surface area contributed by atoms with E-state index in [2.05, 4.69) is 27.0 Å². The summed E-state index contributed by atoms with van der Waals surface area (Å²) in [6.07, 6.45) is 4.10. The summed E-state index contributed by atoms with van der Waals surface area (Å²) in [5.41, 5.74) is 3.26. The van der Waals surface area contributed by atoms with E-state index in [-0.39, 0.29) is 30.4 Å². The molecule has 1 amide bonds. The highest BCUT2D eigenvalue weighted by Crippen LogP contribution is 2.34. The van der Waals surface area contributed by atoms with Crippen molar-refractivity contribution in [1.82, 2.24) is 9.55 Å². The van der Waals surface area contributed by atoms with Crippen molar-refractivity contribution in [3.8, 4) is 17.2 Å². The fourth-order valence-electron chi connectivity index (χ4n) is 3.51. The third-order valence-corrected chi connectivity index (χ3v) is 6.08. The smallest absolute Gasteiger partial charge is 0.314 e. The number of rotatable bonds is 7. The summed E-state index contributed by atoms with van der Waals surface area (Å²) < 4.78 is 2.62. The molecular weight excluding hydrogens is 474 g/mol. The first kappa shape index (κ1) is 23.2. The molecule has 0 aliphatic heterocycles. The number of nitriles is 1. The van der Waals surface area contributed by atoms with Crippen LogP contribution in [0.1, 0.15) is 36.5 Å². The second-order valence-electron chi connectivity index (χ2n) is 7.42. The van der Waals surface area contributed by atoms with Gasteiger partial charge in [-0.3, -0.25) is 19.8 Å². The highest BCUT2D eigenvalue weighted by Gasteiger charge is 2.27. The van der Waals surface area contributed by atoms with Crippen molar-refractivity contribution in [3.05, 3.63) is 74.1 Å². The summed E-state index contributed by atoms with van der Waals surface area (Å²) in [7, 11) is 1.85. The minimum absolute atomic E-state index is 0.0510. The lowest BCUT2D eigenvalue weighted by Crippen LogP contribution is -2.31. The molecular formula is C23H22BrN5O3. The van der Waals surface area contributed by atoms with Crippen LogP contribution in [0.3, 0.4) is 0 Å². The van der Waals surface area contributed by atoms with Crippen LogP contribution in [0.25, 0.3) is 11.1 Å². The van der Waals surface area contributed by atoms with Gasteiger partial charge in [-0.05, 0) is 46.5 Å². The third kappa shape index (κ3) is 4.55. The Bertz CT molecular complexity index is 1210. The van der Waals surface area contributed by atoms with E-state index in [9.17, 15) is 20.2 Å². The van der Waals surface area contributed by atoms with Crippen molar-refractivity contribution in [2.45, 2.75) is 33.2 Å². The number of benzene rings is 1. The Kier molecular flexibility index (Phi) is 7.05. The van der Waals surface area contributed by atoms with Crippen molar-refractivity contribution in [3.63, 3.8) is 0 Å². The highest BCUT2D eigenvalue weighted by atomic mass is 79.9. The van der Waals surface area contributed by atoms with Crippen molar-refractivity contribution < 1.29 is 9.72 Å². The van der Waals surface area contributed by atoms with E-state index in [1.165, 1.54) is 11.1 Å². The molecule has 32 heavy (non-hydrogen) atoms.